The molecule has 3 heterocycles. The first-order valence-corrected chi connectivity index (χ1v) is 18.0. The lowest BCUT2D eigenvalue weighted by Crippen LogP contribution is -2.53. The number of halogens is 7. The number of amides is 4. The molecule has 6 unspecified atom stereocenters. The van der Waals surface area contributed by atoms with E-state index >= 15 is 9.18 Å². The predicted molar refractivity (Wildman–Crippen MR) is 192 cm³/mol. The lowest BCUT2D eigenvalue weighted by molar-refractivity contribution is -0.142. The van der Waals surface area contributed by atoms with Gasteiger partial charge in [-0.2, -0.15) is 23.2 Å². The highest BCUT2D eigenvalue weighted by atomic mass is 35.5. The number of aromatic nitrogens is 1. The van der Waals surface area contributed by atoms with E-state index < -0.39 is 93.7 Å². The van der Waals surface area contributed by atoms with Gasteiger partial charge in [0, 0.05) is 18.0 Å². The molecule has 2 aliphatic carbocycles. The Bertz CT molecular complexity index is 2360. The van der Waals surface area contributed by atoms with E-state index in [0.717, 1.165) is 40.3 Å². The summed E-state index contributed by atoms with van der Waals surface area (Å²) in [4.78, 5) is 62.1. The van der Waals surface area contributed by atoms with Crippen LogP contribution in [-0.4, -0.2) is 50.8 Å². The molecule has 4 amide bonds. The number of hydrazine groups is 2. The SMILES string of the molecule is CN(c1nc(C(F)(F)F)ccc1Cl)N1C(=O)C2CC=C3C(CC4C(=O)N(Nc5ccc(F)cc5)C(=O)C4(c4ccc(Cl)cc4)C3c3ccc(O)c(F)c3)C2C1=O. The minimum atomic E-state index is -4.86. The van der Waals surface area contributed by atoms with E-state index in [0.29, 0.717) is 27.2 Å². The quantitative estimate of drug-likeness (QED) is 0.117. The average Bonchev–Trinajstić information content (AvgIpc) is 3.54. The second kappa shape index (κ2) is 13.3. The molecule has 3 aromatic carbocycles. The van der Waals surface area contributed by atoms with Crippen LogP contribution in [0.15, 0.2) is 90.5 Å². The van der Waals surface area contributed by atoms with Gasteiger partial charge in [-0.1, -0.05) is 53.1 Å². The van der Waals surface area contributed by atoms with Crippen molar-refractivity contribution < 1.29 is 46.2 Å². The van der Waals surface area contributed by atoms with Crippen LogP contribution in [0, 0.1) is 35.3 Å². The number of carbonyl (C=O) groups excluding carboxylic acids is 4. The number of pyridine rings is 1. The van der Waals surface area contributed by atoms with Gasteiger partial charge in [0.15, 0.2) is 17.4 Å². The highest BCUT2D eigenvalue weighted by molar-refractivity contribution is 6.33. The van der Waals surface area contributed by atoms with Crippen molar-refractivity contribution >= 4 is 58.3 Å². The number of aromatic hydroxyl groups is 1. The second-order valence-electron chi connectivity index (χ2n) is 14.1. The number of alkyl halides is 3. The Balaban J connectivity index is 1.28. The molecule has 2 aliphatic heterocycles. The summed E-state index contributed by atoms with van der Waals surface area (Å²) >= 11 is 12.5. The van der Waals surface area contributed by atoms with E-state index in [-0.39, 0.29) is 29.1 Å². The second-order valence-corrected chi connectivity index (χ2v) is 14.9. The summed E-state index contributed by atoms with van der Waals surface area (Å²) in [6, 6.07) is 16.3. The van der Waals surface area contributed by atoms with Crippen LogP contribution in [0.4, 0.5) is 33.5 Å². The van der Waals surface area contributed by atoms with Gasteiger partial charge in [0.1, 0.15) is 11.5 Å². The predicted octanol–water partition coefficient (Wildman–Crippen LogP) is 7.43. The summed E-state index contributed by atoms with van der Waals surface area (Å²) in [5, 5.41) is 12.6. The molecule has 1 aromatic heterocycles. The zero-order valence-corrected chi connectivity index (χ0v) is 30.4. The van der Waals surface area contributed by atoms with Gasteiger partial charge in [0.05, 0.1) is 33.9 Å². The number of nitrogens with one attached hydrogen (secondary N) is 1. The number of phenolic OH excluding ortho intramolecular Hbond substituents is 1. The Morgan fingerprint density at radius 3 is 2.25 bits per heavy atom. The highest BCUT2D eigenvalue weighted by Gasteiger charge is 2.70. The van der Waals surface area contributed by atoms with Gasteiger partial charge >= 0.3 is 6.18 Å². The monoisotopic (exact) mass is 811 g/mol. The molecule has 10 nitrogen and oxygen atoms in total. The molecule has 17 heteroatoms. The van der Waals surface area contributed by atoms with Crippen molar-refractivity contribution in [3.8, 4) is 5.75 Å². The van der Waals surface area contributed by atoms with Crippen LogP contribution < -0.4 is 10.4 Å². The first-order chi connectivity index (χ1) is 26.5. The number of allylic oxidation sites excluding steroid dienone is 2. The largest absolute Gasteiger partial charge is 0.505 e. The van der Waals surface area contributed by atoms with Crippen molar-refractivity contribution in [1.82, 2.24) is 15.0 Å². The number of hydrogen-bond donors (Lipinski definition) is 2. The standard InChI is InChI=1S/C39H28Cl2F5N5O5/c1-49(33-27(41)13-15-30(47-33)39(44,45)46)51-34(53)24-12-11-23-25(31(24)36(51)55)17-26-35(54)50(48-22-9-7-21(42)8-10-22)37(56)38(26,19-3-5-20(40)6-4-19)32(23)18-2-14-29(52)28(43)16-18/h2-11,13-16,24-26,31-32,48,52H,12,17H2,1H3. The van der Waals surface area contributed by atoms with Crippen molar-refractivity contribution in [2.24, 2.45) is 23.7 Å². The number of rotatable bonds is 6. The van der Waals surface area contributed by atoms with Crippen LogP contribution in [0.3, 0.4) is 0 Å². The van der Waals surface area contributed by atoms with Gasteiger partial charge in [-0.05, 0) is 90.6 Å². The zero-order valence-electron chi connectivity index (χ0n) is 28.9. The molecule has 2 saturated heterocycles. The third kappa shape index (κ3) is 5.61. The zero-order chi connectivity index (χ0) is 40.0. The Labute approximate surface area is 325 Å². The van der Waals surface area contributed by atoms with E-state index in [1.165, 1.54) is 37.4 Å². The molecule has 3 fully saturated rings. The number of anilines is 2. The Morgan fingerprint density at radius 2 is 1.59 bits per heavy atom. The number of benzene rings is 3. The smallest absolute Gasteiger partial charge is 0.433 e. The van der Waals surface area contributed by atoms with Crippen molar-refractivity contribution in [3.63, 3.8) is 0 Å². The van der Waals surface area contributed by atoms with Gasteiger partial charge in [-0.15, -0.1) is 0 Å². The lowest BCUT2D eigenvalue weighted by Gasteiger charge is -2.50. The average molecular weight is 813 g/mol. The molecule has 6 atom stereocenters. The van der Waals surface area contributed by atoms with Crippen LogP contribution in [0.1, 0.15) is 35.6 Å². The maximum Gasteiger partial charge on any atom is 0.433 e. The minimum Gasteiger partial charge on any atom is -0.505 e. The molecular weight excluding hydrogens is 784 g/mol. The summed E-state index contributed by atoms with van der Waals surface area (Å²) < 4.78 is 70.1. The molecule has 0 bridgehead atoms. The molecule has 0 spiro atoms. The van der Waals surface area contributed by atoms with Gasteiger partial charge in [-0.3, -0.25) is 29.6 Å². The number of phenols is 1. The number of nitrogens with zero attached hydrogens (tertiary/aromatic N) is 4. The van der Waals surface area contributed by atoms with Gasteiger partial charge in [0.25, 0.3) is 23.6 Å². The third-order valence-corrected chi connectivity index (χ3v) is 11.8. The van der Waals surface area contributed by atoms with Crippen molar-refractivity contribution in [3.05, 3.63) is 129 Å². The van der Waals surface area contributed by atoms with Crippen LogP contribution in [-0.2, 0) is 30.8 Å². The maximum absolute atomic E-state index is 15.3. The molecule has 1 saturated carbocycles. The van der Waals surface area contributed by atoms with Gasteiger partial charge in [-0.25, -0.2) is 13.8 Å². The number of hydrogen-bond acceptors (Lipinski definition) is 8. The topological polar surface area (TPSA) is 123 Å². The molecule has 56 heavy (non-hydrogen) atoms. The normalized spacial score (nSPS) is 25.9. The minimum absolute atomic E-state index is 0.0622. The first-order valence-electron chi connectivity index (χ1n) is 17.2. The fourth-order valence-electron chi connectivity index (χ4n) is 8.92. The summed E-state index contributed by atoms with van der Waals surface area (Å²) in [6.07, 6.45) is -3.41. The highest BCUT2D eigenvalue weighted by Crippen LogP contribution is 2.64. The van der Waals surface area contributed by atoms with E-state index in [1.54, 1.807) is 18.2 Å². The van der Waals surface area contributed by atoms with Gasteiger partial charge < -0.3 is 5.11 Å². The van der Waals surface area contributed by atoms with E-state index in [4.69, 9.17) is 23.2 Å². The molecule has 4 aromatic rings. The molecule has 2 N–H and O–H groups in total. The fraction of sp³-hybridized carbons (Fsp3) is 0.256. The van der Waals surface area contributed by atoms with E-state index in [2.05, 4.69) is 10.4 Å². The van der Waals surface area contributed by atoms with Crippen LogP contribution in [0.2, 0.25) is 10.0 Å². The van der Waals surface area contributed by atoms with Crippen LogP contribution >= 0.6 is 23.2 Å². The number of carbonyl (C=O) groups is 4. The lowest BCUT2D eigenvalue weighted by atomic mass is 9.49. The Hall–Kier alpha value is -5.54. The summed E-state index contributed by atoms with van der Waals surface area (Å²) in [7, 11) is 1.18. The van der Waals surface area contributed by atoms with Crippen molar-refractivity contribution in [2.45, 2.75) is 30.4 Å². The molecule has 8 rings (SSSR count). The number of imide groups is 2. The van der Waals surface area contributed by atoms with Crippen molar-refractivity contribution in [1.29, 1.82) is 0 Å². The van der Waals surface area contributed by atoms with Crippen LogP contribution in [0.25, 0.3) is 0 Å². The maximum atomic E-state index is 15.3. The summed E-state index contributed by atoms with van der Waals surface area (Å²) in [5.41, 5.74) is 0.812. The number of fused-ring (bicyclic) bond motifs is 4. The molecular formula is C39H28Cl2F5N5O5. The van der Waals surface area contributed by atoms with Crippen molar-refractivity contribution in [2.75, 3.05) is 17.5 Å². The van der Waals surface area contributed by atoms with E-state index in [9.17, 15) is 37.1 Å². The fourth-order valence-corrected chi connectivity index (χ4v) is 9.28. The molecule has 0 radical (unpaired) electrons. The Morgan fingerprint density at radius 1 is 0.893 bits per heavy atom. The van der Waals surface area contributed by atoms with Gasteiger partial charge in [0.2, 0.25) is 0 Å². The Kier molecular flexibility index (Phi) is 8.88. The summed E-state index contributed by atoms with van der Waals surface area (Å²) in [5.74, 6) is -11.4. The molecule has 4 aliphatic rings. The summed E-state index contributed by atoms with van der Waals surface area (Å²) in [6.45, 7) is 0. The van der Waals surface area contributed by atoms with Crippen LogP contribution in [0.5, 0.6) is 5.75 Å². The van der Waals surface area contributed by atoms with E-state index in [1.807, 2.05) is 0 Å². The molecule has 288 valence electrons. The third-order valence-electron chi connectivity index (χ3n) is 11.3. The first kappa shape index (κ1) is 37.4.